The third-order valence-electron chi connectivity index (χ3n) is 7.72. The molecule has 5 rings (SSSR count). The number of anilines is 1. The van der Waals surface area contributed by atoms with Gasteiger partial charge in [0, 0.05) is 23.0 Å². The lowest BCUT2D eigenvalue weighted by Gasteiger charge is -2.41. The number of rotatable bonds is 11. The molecule has 10 nitrogen and oxygen atoms in total. The van der Waals surface area contributed by atoms with Gasteiger partial charge in [0.25, 0.3) is 5.91 Å². The van der Waals surface area contributed by atoms with Gasteiger partial charge < -0.3 is 29.7 Å². The van der Waals surface area contributed by atoms with Gasteiger partial charge in [-0.05, 0) is 28.8 Å². The van der Waals surface area contributed by atoms with Crippen molar-refractivity contribution in [3.8, 4) is 0 Å². The lowest BCUT2D eigenvalue weighted by molar-refractivity contribution is -0.268. The third-order valence-corrected chi connectivity index (χ3v) is 8.75. The Kier molecular flexibility index (Phi) is 10.7. The van der Waals surface area contributed by atoms with Crippen LogP contribution in [0.25, 0.3) is 0 Å². The van der Waals surface area contributed by atoms with E-state index in [2.05, 4.69) is 12.2 Å². The molecule has 0 aliphatic carbocycles. The highest BCUT2D eigenvalue weighted by Gasteiger charge is 2.41. The predicted molar refractivity (Wildman–Crippen MR) is 164 cm³/mol. The fourth-order valence-electron chi connectivity index (χ4n) is 5.28. The Morgan fingerprint density at radius 3 is 2.34 bits per heavy atom. The minimum absolute atomic E-state index is 0.0142. The highest BCUT2D eigenvalue weighted by Crippen LogP contribution is 2.42. The Labute approximate surface area is 260 Å². The van der Waals surface area contributed by atoms with Crippen molar-refractivity contribution < 1.29 is 38.8 Å². The number of aliphatic hydroxyl groups is 2. The van der Waals surface area contributed by atoms with Crippen LogP contribution in [0.3, 0.4) is 0 Å². The zero-order valence-corrected chi connectivity index (χ0v) is 25.2. The summed E-state index contributed by atoms with van der Waals surface area (Å²) in [7, 11) is 0. The summed E-state index contributed by atoms with van der Waals surface area (Å²) in [6, 6.07) is 22.6. The molecule has 3 amide bonds. The van der Waals surface area contributed by atoms with Crippen LogP contribution in [0, 0.1) is 5.92 Å². The van der Waals surface area contributed by atoms with Gasteiger partial charge in [-0.2, -0.15) is 11.8 Å². The van der Waals surface area contributed by atoms with E-state index >= 15 is 0 Å². The molecule has 2 aliphatic heterocycles. The molecule has 5 atom stereocenters. The molecule has 44 heavy (non-hydrogen) atoms. The molecule has 2 saturated heterocycles. The standard InChI is InChI=1S/C33H36N2O8S/c1-21-28(20-44-16-15-36)42-32(43-30(21)24-9-7-22(18-37)8-10-24)25-11-13-26(14-12-25)35-29(38)17-27(31(35)39)34-33(40)41-19-23-5-3-2-4-6-23/h2-14,21,27-28,30,32,36-37H,15-20H2,1H3,(H,34,40)/t21-,27?,28+,30+,32+/m1/s1. The monoisotopic (exact) mass is 620 g/mol. The molecule has 2 heterocycles. The number of amides is 3. The molecule has 0 radical (unpaired) electrons. The van der Waals surface area contributed by atoms with Gasteiger partial charge in [-0.25, -0.2) is 9.69 Å². The largest absolute Gasteiger partial charge is 0.445 e. The number of imide groups is 1. The van der Waals surface area contributed by atoms with Gasteiger partial charge in [0.05, 0.1) is 37.5 Å². The molecular weight excluding hydrogens is 584 g/mol. The quantitative estimate of drug-likeness (QED) is 0.212. The lowest BCUT2D eigenvalue weighted by Crippen LogP contribution is -2.42. The molecule has 0 saturated carbocycles. The van der Waals surface area contributed by atoms with Gasteiger partial charge in [0.2, 0.25) is 5.91 Å². The van der Waals surface area contributed by atoms with E-state index in [1.165, 1.54) is 0 Å². The topological polar surface area (TPSA) is 135 Å². The predicted octanol–water partition coefficient (Wildman–Crippen LogP) is 4.25. The number of hydrogen-bond donors (Lipinski definition) is 3. The Morgan fingerprint density at radius 2 is 1.66 bits per heavy atom. The smallest absolute Gasteiger partial charge is 0.408 e. The molecule has 3 aromatic rings. The Bertz CT molecular complexity index is 1420. The van der Waals surface area contributed by atoms with Crippen LogP contribution in [0.4, 0.5) is 10.5 Å². The summed E-state index contributed by atoms with van der Waals surface area (Å²) < 4.78 is 18.0. The van der Waals surface area contributed by atoms with Crippen LogP contribution in [0.2, 0.25) is 0 Å². The van der Waals surface area contributed by atoms with Gasteiger partial charge in [-0.15, -0.1) is 0 Å². The van der Waals surface area contributed by atoms with Crippen LogP contribution >= 0.6 is 11.8 Å². The number of nitrogens with one attached hydrogen (secondary N) is 1. The van der Waals surface area contributed by atoms with E-state index in [0.717, 1.165) is 21.6 Å². The molecule has 0 aromatic heterocycles. The van der Waals surface area contributed by atoms with Crippen molar-refractivity contribution in [2.24, 2.45) is 5.92 Å². The lowest BCUT2D eigenvalue weighted by atomic mass is 9.91. The summed E-state index contributed by atoms with van der Waals surface area (Å²) in [5.41, 5.74) is 3.67. The Morgan fingerprint density at radius 1 is 0.955 bits per heavy atom. The van der Waals surface area contributed by atoms with E-state index in [9.17, 15) is 24.6 Å². The number of carbonyl (C=O) groups excluding carboxylic acids is 3. The average Bonchev–Trinajstić information content (AvgIpc) is 3.33. The maximum Gasteiger partial charge on any atom is 0.408 e. The summed E-state index contributed by atoms with van der Waals surface area (Å²) in [5.74, 6) is 0.318. The van der Waals surface area contributed by atoms with Gasteiger partial charge in [-0.1, -0.05) is 73.7 Å². The highest BCUT2D eigenvalue weighted by atomic mass is 32.2. The number of hydrogen-bond acceptors (Lipinski definition) is 9. The molecule has 0 bridgehead atoms. The number of nitrogens with zero attached hydrogens (tertiary/aromatic N) is 1. The van der Waals surface area contributed by atoms with Crippen molar-refractivity contribution in [3.63, 3.8) is 0 Å². The van der Waals surface area contributed by atoms with Crippen LogP contribution in [0.1, 0.15) is 48.0 Å². The molecule has 3 aromatic carbocycles. The van der Waals surface area contributed by atoms with Gasteiger partial charge in [-0.3, -0.25) is 9.59 Å². The zero-order valence-electron chi connectivity index (χ0n) is 24.3. The fraction of sp³-hybridized carbons (Fsp3) is 0.364. The maximum absolute atomic E-state index is 13.1. The molecule has 11 heteroatoms. The van der Waals surface area contributed by atoms with E-state index in [-0.39, 0.29) is 44.4 Å². The van der Waals surface area contributed by atoms with E-state index in [1.54, 1.807) is 36.0 Å². The minimum Gasteiger partial charge on any atom is -0.445 e. The number of carbonyl (C=O) groups is 3. The number of ether oxygens (including phenoxy) is 3. The Balaban J connectivity index is 1.26. The first-order valence-corrected chi connectivity index (χ1v) is 15.7. The zero-order chi connectivity index (χ0) is 31.1. The molecule has 2 aliphatic rings. The summed E-state index contributed by atoms with van der Waals surface area (Å²) in [4.78, 5) is 39.3. The van der Waals surface area contributed by atoms with Crippen molar-refractivity contribution in [1.82, 2.24) is 5.32 Å². The van der Waals surface area contributed by atoms with Crippen LogP contribution in [0.5, 0.6) is 0 Å². The summed E-state index contributed by atoms with van der Waals surface area (Å²) >= 11 is 1.61. The summed E-state index contributed by atoms with van der Waals surface area (Å²) in [6.07, 6.45) is -2.09. The van der Waals surface area contributed by atoms with E-state index in [0.29, 0.717) is 22.8 Å². The number of aliphatic hydroxyl groups excluding tert-OH is 2. The number of thioether (sulfide) groups is 1. The second-order valence-corrected chi connectivity index (χ2v) is 11.9. The molecule has 1 unspecified atom stereocenters. The van der Waals surface area contributed by atoms with Crippen LogP contribution in [-0.2, 0) is 37.0 Å². The van der Waals surface area contributed by atoms with Crippen LogP contribution < -0.4 is 10.2 Å². The van der Waals surface area contributed by atoms with E-state index in [4.69, 9.17) is 14.2 Å². The van der Waals surface area contributed by atoms with Crippen molar-refractivity contribution in [1.29, 1.82) is 0 Å². The molecule has 232 valence electrons. The molecular formula is C33H36N2O8S. The average molecular weight is 621 g/mol. The molecule has 2 fully saturated rings. The Hall–Kier alpha value is -3.74. The first-order valence-electron chi connectivity index (χ1n) is 14.5. The minimum atomic E-state index is -1.02. The normalized spacial score (nSPS) is 23.5. The van der Waals surface area contributed by atoms with Gasteiger partial charge >= 0.3 is 6.09 Å². The maximum atomic E-state index is 13.1. The number of alkyl carbamates (subject to hydrolysis) is 1. The summed E-state index contributed by atoms with van der Waals surface area (Å²) in [5, 5.41) is 21.2. The van der Waals surface area contributed by atoms with Crippen molar-refractivity contribution in [3.05, 3.63) is 101 Å². The van der Waals surface area contributed by atoms with Crippen molar-refractivity contribution >= 4 is 35.4 Å². The van der Waals surface area contributed by atoms with Gasteiger partial charge in [0.15, 0.2) is 6.29 Å². The SMILES string of the molecule is C[C@@H]1[C@H](CSCCO)O[C@H](c2ccc(N3C(=O)CC(NC(=O)OCc4ccccc4)C3=O)cc2)O[C@@H]1c1ccc(CO)cc1. The van der Waals surface area contributed by atoms with Crippen molar-refractivity contribution in [2.45, 2.75) is 51.1 Å². The number of benzene rings is 3. The first kappa shape index (κ1) is 31.7. The van der Waals surface area contributed by atoms with Crippen LogP contribution in [-0.4, -0.2) is 58.4 Å². The van der Waals surface area contributed by atoms with Crippen molar-refractivity contribution in [2.75, 3.05) is 23.0 Å². The second-order valence-electron chi connectivity index (χ2n) is 10.7. The van der Waals surface area contributed by atoms with E-state index in [1.807, 2.05) is 54.6 Å². The third kappa shape index (κ3) is 7.48. The first-order chi connectivity index (χ1) is 21.4. The highest BCUT2D eigenvalue weighted by molar-refractivity contribution is 7.99. The second kappa shape index (κ2) is 14.8. The van der Waals surface area contributed by atoms with Gasteiger partial charge in [0.1, 0.15) is 12.6 Å². The fourth-order valence-corrected chi connectivity index (χ4v) is 6.19. The van der Waals surface area contributed by atoms with E-state index < -0.39 is 30.2 Å². The van der Waals surface area contributed by atoms with Crippen LogP contribution in [0.15, 0.2) is 78.9 Å². The summed E-state index contributed by atoms with van der Waals surface area (Å²) in [6.45, 7) is 2.16. The molecule has 0 spiro atoms. The molecule has 3 N–H and O–H groups in total.